The van der Waals surface area contributed by atoms with E-state index in [0.29, 0.717) is 12.2 Å². The average Bonchev–Trinajstić information content (AvgIpc) is 2.58. The smallest absolute Gasteiger partial charge is 0.164 e. The molecule has 1 heterocycles. The maximum Gasteiger partial charge on any atom is 0.164 e. The van der Waals surface area contributed by atoms with Crippen molar-refractivity contribution < 1.29 is 9.53 Å². The molecule has 56 valence electrons. The highest BCUT2D eigenvalue weighted by atomic mass is 16.6. The average molecular weight is 140 g/mol. The van der Waals surface area contributed by atoms with Crippen LogP contribution < -0.4 is 0 Å². The highest BCUT2D eigenvalue weighted by Crippen LogP contribution is 2.46. The topological polar surface area (TPSA) is 29.6 Å². The Hall–Kier alpha value is -0.370. The number of ether oxygens (including phenoxy) is 1. The lowest BCUT2D eigenvalue weighted by Gasteiger charge is -2.24. The molecule has 1 saturated carbocycles. The van der Waals surface area contributed by atoms with E-state index in [1.807, 2.05) is 0 Å². The summed E-state index contributed by atoms with van der Waals surface area (Å²) in [5, 5.41) is 0. The van der Waals surface area contributed by atoms with Crippen molar-refractivity contribution in [2.45, 2.75) is 38.9 Å². The fourth-order valence-corrected chi connectivity index (χ4v) is 1.68. The normalized spacial score (nSPS) is 42.8. The van der Waals surface area contributed by atoms with E-state index in [-0.39, 0.29) is 17.6 Å². The van der Waals surface area contributed by atoms with E-state index in [1.54, 1.807) is 0 Å². The van der Waals surface area contributed by atoms with E-state index >= 15 is 0 Å². The molecule has 2 heteroatoms. The molecule has 0 bridgehead atoms. The van der Waals surface area contributed by atoms with Crippen molar-refractivity contribution in [3.05, 3.63) is 0 Å². The first-order valence-corrected chi connectivity index (χ1v) is 3.79. The van der Waals surface area contributed by atoms with Gasteiger partial charge in [0.15, 0.2) is 5.78 Å². The highest BCUT2D eigenvalue weighted by Gasteiger charge is 2.56. The molecule has 0 radical (unpaired) electrons. The molecule has 2 rings (SSSR count). The summed E-state index contributed by atoms with van der Waals surface area (Å²) in [5.41, 5.74) is 0.249. The molecule has 1 aliphatic carbocycles. The van der Waals surface area contributed by atoms with Gasteiger partial charge in [-0.15, -0.1) is 0 Å². The van der Waals surface area contributed by atoms with Crippen molar-refractivity contribution in [3.63, 3.8) is 0 Å². The summed E-state index contributed by atoms with van der Waals surface area (Å²) < 4.78 is 5.26. The van der Waals surface area contributed by atoms with E-state index in [1.165, 1.54) is 0 Å². The second-order valence-electron chi connectivity index (χ2n) is 3.93. The van der Waals surface area contributed by atoms with Crippen LogP contribution in [0.3, 0.4) is 0 Å². The lowest BCUT2D eigenvalue weighted by atomic mass is 9.77. The maximum absolute atomic E-state index is 11.0. The van der Waals surface area contributed by atoms with Crippen LogP contribution in [0.15, 0.2) is 0 Å². The van der Waals surface area contributed by atoms with Gasteiger partial charge in [-0.25, -0.2) is 0 Å². The van der Waals surface area contributed by atoms with E-state index < -0.39 is 0 Å². The molecule has 1 aliphatic heterocycles. The first kappa shape index (κ1) is 6.35. The quantitative estimate of drug-likeness (QED) is 0.472. The summed E-state index contributed by atoms with van der Waals surface area (Å²) in [6.07, 6.45) is 1.93. The van der Waals surface area contributed by atoms with Crippen molar-refractivity contribution in [2.24, 2.45) is 5.41 Å². The highest BCUT2D eigenvalue weighted by molar-refractivity contribution is 5.87. The third-order valence-corrected chi connectivity index (χ3v) is 2.59. The van der Waals surface area contributed by atoms with Crippen LogP contribution in [0.2, 0.25) is 0 Å². The number of rotatable bonds is 0. The fraction of sp³-hybridized carbons (Fsp3) is 0.875. The minimum Gasteiger partial charge on any atom is -0.361 e. The molecule has 2 nitrogen and oxygen atoms in total. The summed E-state index contributed by atoms with van der Waals surface area (Å²) in [4.78, 5) is 11.0. The summed E-state index contributed by atoms with van der Waals surface area (Å²) in [6, 6.07) is 0. The van der Waals surface area contributed by atoms with E-state index in [0.717, 1.165) is 6.42 Å². The number of hydrogen-bond acceptors (Lipinski definition) is 2. The molecular formula is C8H12O2. The minimum atomic E-state index is -0.0243. The number of ketones is 1. The van der Waals surface area contributed by atoms with Gasteiger partial charge in [0.2, 0.25) is 0 Å². The molecule has 2 unspecified atom stereocenters. The van der Waals surface area contributed by atoms with Gasteiger partial charge in [0.25, 0.3) is 0 Å². The van der Waals surface area contributed by atoms with Crippen LogP contribution in [0, 0.1) is 5.41 Å². The molecule has 2 atom stereocenters. The van der Waals surface area contributed by atoms with Gasteiger partial charge in [-0.05, 0) is 11.8 Å². The van der Waals surface area contributed by atoms with Crippen LogP contribution in [-0.2, 0) is 9.53 Å². The summed E-state index contributed by atoms with van der Waals surface area (Å²) in [5.74, 6) is 0.310. The number of hydrogen-bond donors (Lipinski definition) is 0. The van der Waals surface area contributed by atoms with E-state index in [9.17, 15) is 4.79 Å². The summed E-state index contributed by atoms with van der Waals surface area (Å²) in [6.45, 7) is 4.34. The molecule has 2 fully saturated rings. The van der Waals surface area contributed by atoms with Gasteiger partial charge in [0.1, 0.15) is 6.10 Å². The predicted molar refractivity (Wildman–Crippen MR) is 36.7 cm³/mol. The first-order valence-electron chi connectivity index (χ1n) is 3.79. The number of Topliss-reactive ketones (excluding diaryl/α,β-unsaturated/α-hetero) is 1. The Morgan fingerprint density at radius 2 is 2.30 bits per heavy atom. The lowest BCUT2D eigenvalue weighted by molar-refractivity contribution is -0.121. The zero-order chi connectivity index (χ0) is 7.35. The predicted octanol–water partition coefficient (Wildman–Crippen LogP) is 1.14. The van der Waals surface area contributed by atoms with Crippen molar-refractivity contribution in [3.8, 4) is 0 Å². The molecule has 0 aromatic rings. The Morgan fingerprint density at radius 1 is 1.60 bits per heavy atom. The van der Waals surface area contributed by atoms with Gasteiger partial charge in [0.05, 0.1) is 6.10 Å². The zero-order valence-corrected chi connectivity index (χ0v) is 6.39. The molecule has 2 aliphatic rings. The van der Waals surface area contributed by atoms with E-state index in [2.05, 4.69) is 13.8 Å². The largest absolute Gasteiger partial charge is 0.361 e. The standard InChI is InChI=1S/C8H12O2/c1-8(2)4-3-5(9)6-7(8)10-6/h6-7H,3-4H2,1-2H3. The van der Waals surface area contributed by atoms with Crippen LogP contribution >= 0.6 is 0 Å². The molecule has 0 aromatic carbocycles. The second kappa shape index (κ2) is 1.62. The van der Waals surface area contributed by atoms with Crippen LogP contribution in [0.4, 0.5) is 0 Å². The molecule has 10 heavy (non-hydrogen) atoms. The Kier molecular flexibility index (Phi) is 1.03. The number of fused-ring (bicyclic) bond motifs is 1. The van der Waals surface area contributed by atoms with Crippen molar-refractivity contribution in [2.75, 3.05) is 0 Å². The van der Waals surface area contributed by atoms with Crippen LogP contribution in [0.5, 0.6) is 0 Å². The fourth-order valence-electron chi connectivity index (χ4n) is 1.68. The molecular weight excluding hydrogens is 128 g/mol. The van der Waals surface area contributed by atoms with Gasteiger partial charge in [-0.2, -0.15) is 0 Å². The second-order valence-corrected chi connectivity index (χ2v) is 3.93. The van der Waals surface area contributed by atoms with Gasteiger partial charge < -0.3 is 4.74 Å². The summed E-state index contributed by atoms with van der Waals surface area (Å²) in [7, 11) is 0. The van der Waals surface area contributed by atoms with Crippen LogP contribution in [0.1, 0.15) is 26.7 Å². The SMILES string of the molecule is CC1(C)CCC(=O)C2OC21. The zero-order valence-electron chi connectivity index (χ0n) is 6.39. The maximum atomic E-state index is 11.0. The Balaban J connectivity index is 2.16. The van der Waals surface area contributed by atoms with Gasteiger partial charge in [-0.1, -0.05) is 13.8 Å². The van der Waals surface area contributed by atoms with Gasteiger partial charge >= 0.3 is 0 Å². The van der Waals surface area contributed by atoms with E-state index in [4.69, 9.17) is 4.74 Å². The molecule has 0 amide bonds. The first-order chi connectivity index (χ1) is 4.61. The Bertz CT molecular complexity index is 184. The lowest BCUT2D eigenvalue weighted by Crippen LogP contribution is -2.30. The molecule has 1 saturated heterocycles. The third-order valence-electron chi connectivity index (χ3n) is 2.59. The third kappa shape index (κ3) is 0.717. The molecule has 0 aromatic heterocycles. The number of epoxide rings is 1. The van der Waals surface area contributed by atoms with Crippen molar-refractivity contribution >= 4 is 5.78 Å². The van der Waals surface area contributed by atoms with Crippen molar-refractivity contribution in [1.82, 2.24) is 0 Å². The minimum absolute atomic E-state index is 0.0243. The van der Waals surface area contributed by atoms with Crippen LogP contribution in [0.25, 0.3) is 0 Å². The monoisotopic (exact) mass is 140 g/mol. The number of carbonyl (C=O) groups is 1. The number of carbonyl (C=O) groups excluding carboxylic acids is 1. The summed E-state index contributed by atoms with van der Waals surface area (Å²) >= 11 is 0. The Morgan fingerprint density at radius 3 is 2.90 bits per heavy atom. The van der Waals surface area contributed by atoms with Gasteiger partial charge in [-0.3, -0.25) is 4.79 Å². The van der Waals surface area contributed by atoms with Crippen molar-refractivity contribution in [1.29, 1.82) is 0 Å². The van der Waals surface area contributed by atoms with Crippen LogP contribution in [-0.4, -0.2) is 18.0 Å². The molecule has 0 spiro atoms. The Labute approximate surface area is 60.6 Å². The van der Waals surface area contributed by atoms with Gasteiger partial charge in [0, 0.05) is 6.42 Å². The molecule has 0 N–H and O–H groups in total.